The monoisotopic (exact) mass is 324 g/mol. The lowest BCUT2D eigenvalue weighted by atomic mass is 9.94. The Hall–Kier alpha value is -1.79. The zero-order valence-corrected chi connectivity index (χ0v) is 13.3. The first-order valence-electron chi connectivity index (χ1n) is 8.15. The number of aryl methyl sites for hydroxylation is 1. The molecule has 2 aliphatic heterocycles. The molecule has 23 heavy (non-hydrogen) atoms. The summed E-state index contributed by atoms with van der Waals surface area (Å²) >= 11 is 0. The van der Waals surface area contributed by atoms with Gasteiger partial charge in [-0.2, -0.15) is 0 Å². The van der Waals surface area contributed by atoms with Gasteiger partial charge in [-0.25, -0.2) is 13.8 Å². The third kappa shape index (κ3) is 3.76. The average Bonchev–Trinajstić information content (AvgIpc) is 2.54. The van der Waals surface area contributed by atoms with Crippen LogP contribution in [0.2, 0.25) is 0 Å². The molecule has 1 aromatic rings. The maximum Gasteiger partial charge on any atom is 0.251 e. The van der Waals surface area contributed by atoms with E-state index < -0.39 is 5.92 Å². The number of rotatable bonds is 2. The molecule has 1 aromatic heterocycles. The second-order valence-electron chi connectivity index (χ2n) is 6.46. The molecule has 2 saturated heterocycles. The summed E-state index contributed by atoms with van der Waals surface area (Å²) in [6.07, 6.45) is 4.50. The first kappa shape index (κ1) is 16.1. The standard InChI is InChI=1S/C16H22F2N4O/c1-12-10-19-11-14(20-12)21-6-2-13(3-7-21)15(23)22-8-4-16(17,18)5-9-22/h10-11,13H,2-9H2,1H3. The Labute approximate surface area is 134 Å². The Morgan fingerprint density at radius 1 is 1.17 bits per heavy atom. The summed E-state index contributed by atoms with van der Waals surface area (Å²) in [7, 11) is 0. The second-order valence-corrected chi connectivity index (χ2v) is 6.46. The molecule has 0 saturated carbocycles. The van der Waals surface area contributed by atoms with Crippen molar-refractivity contribution in [2.45, 2.75) is 38.5 Å². The van der Waals surface area contributed by atoms with E-state index in [-0.39, 0.29) is 37.8 Å². The van der Waals surface area contributed by atoms with Crippen LogP contribution in [0.25, 0.3) is 0 Å². The number of aromatic nitrogens is 2. The Balaban J connectivity index is 1.54. The van der Waals surface area contributed by atoms with Gasteiger partial charge in [-0.1, -0.05) is 0 Å². The second kappa shape index (κ2) is 6.37. The fourth-order valence-corrected chi connectivity index (χ4v) is 3.27. The summed E-state index contributed by atoms with van der Waals surface area (Å²) in [4.78, 5) is 24.9. The maximum atomic E-state index is 13.2. The largest absolute Gasteiger partial charge is 0.355 e. The van der Waals surface area contributed by atoms with Crippen molar-refractivity contribution < 1.29 is 13.6 Å². The van der Waals surface area contributed by atoms with Crippen LogP contribution >= 0.6 is 0 Å². The summed E-state index contributed by atoms with van der Waals surface area (Å²) in [5.74, 6) is -1.79. The molecule has 0 bridgehead atoms. The molecule has 0 aromatic carbocycles. The number of anilines is 1. The van der Waals surface area contributed by atoms with E-state index in [1.807, 2.05) is 6.92 Å². The van der Waals surface area contributed by atoms with Crippen LogP contribution in [-0.4, -0.2) is 52.9 Å². The van der Waals surface area contributed by atoms with E-state index in [4.69, 9.17) is 0 Å². The van der Waals surface area contributed by atoms with Gasteiger partial charge in [0.05, 0.1) is 11.9 Å². The highest BCUT2D eigenvalue weighted by molar-refractivity contribution is 5.79. The van der Waals surface area contributed by atoms with E-state index >= 15 is 0 Å². The van der Waals surface area contributed by atoms with Crippen LogP contribution in [0.1, 0.15) is 31.4 Å². The molecule has 3 rings (SSSR count). The molecule has 126 valence electrons. The van der Waals surface area contributed by atoms with Gasteiger partial charge in [0.25, 0.3) is 5.92 Å². The predicted molar refractivity (Wildman–Crippen MR) is 82.5 cm³/mol. The van der Waals surface area contributed by atoms with Gasteiger partial charge in [-0.05, 0) is 19.8 Å². The number of amides is 1. The smallest absolute Gasteiger partial charge is 0.251 e. The van der Waals surface area contributed by atoms with Crippen molar-refractivity contribution in [3.8, 4) is 0 Å². The molecule has 2 fully saturated rings. The third-order valence-electron chi connectivity index (χ3n) is 4.72. The van der Waals surface area contributed by atoms with Crippen LogP contribution in [-0.2, 0) is 4.79 Å². The van der Waals surface area contributed by atoms with Crippen LogP contribution in [0.3, 0.4) is 0 Å². The fourth-order valence-electron chi connectivity index (χ4n) is 3.27. The van der Waals surface area contributed by atoms with Crippen molar-refractivity contribution in [1.82, 2.24) is 14.9 Å². The lowest BCUT2D eigenvalue weighted by Gasteiger charge is -2.37. The number of likely N-dealkylation sites (tertiary alicyclic amines) is 1. The molecule has 1 amide bonds. The normalized spacial score (nSPS) is 22.2. The number of piperidine rings is 2. The topological polar surface area (TPSA) is 49.3 Å². The Morgan fingerprint density at radius 2 is 1.83 bits per heavy atom. The number of alkyl halides is 2. The van der Waals surface area contributed by atoms with E-state index in [0.29, 0.717) is 0 Å². The van der Waals surface area contributed by atoms with Crippen LogP contribution in [0.4, 0.5) is 14.6 Å². The number of nitrogens with zero attached hydrogens (tertiary/aromatic N) is 4. The van der Waals surface area contributed by atoms with E-state index in [0.717, 1.165) is 37.4 Å². The van der Waals surface area contributed by atoms with Gasteiger partial charge < -0.3 is 9.80 Å². The fraction of sp³-hybridized carbons (Fsp3) is 0.688. The summed E-state index contributed by atoms with van der Waals surface area (Å²) in [6, 6.07) is 0. The quantitative estimate of drug-likeness (QED) is 0.837. The van der Waals surface area contributed by atoms with Crippen molar-refractivity contribution in [2.24, 2.45) is 5.92 Å². The lowest BCUT2D eigenvalue weighted by molar-refractivity contribution is -0.142. The van der Waals surface area contributed by atoms with Gasteiger partial charge in [0.2, 0.25) is 5.91 Å². The molecule has 0 atom stereocenters. The highest BCUT2D eigenvalue weighted by Crippen LogP contribution is 2.30. The lowest BCUT2D eigenvalue weighted by Crippen LogP contribution is -2.47. The molecular formula is C16H22F2N4O. The van der Waals surface area contributed by atoms with Gasteiger partial charge in [0, 0.05) is 51.1 Å². The Kier molecular flexibility index (Phi) is 4.46. The van der Waals surface area contributed by atoms with Crippen molar-refractivity contribution in [3.05, 3.63) is 18.1 Å². The summed E-state index contributed by atoms with van der Waals surface area (Å²) in [6.45, 7) is 3.75. The minimum Gasteiger partial charge on any atom is -0.355 e. The van der Waals surface area contributed by atoms with Gasteiger partial charge in [-0.3, -0.25) is 9.78 Å². The van der Waals surface area contributed by atoms with Crippen molar-refractivity contribution in [2.75, 3.05) is 31.1 Å². The van der Waals surface area contributed by atoms with Crippen molar-refractivity contribution >= 4 is 11.7 Å². The van der Waals surface area contributed by atoms with Crippen LogP contribution in [0.5, 0.6) is 0 Å². The zero-order chi connectivity index (χ0) is 16.4. The van der Waals surface area contributed by atoms with Crippen LogP contribution in [0, 0.1) is 12.8 Å². The third-order valence-corrected chi connectivity index (χ3v) is 4.72. The van der Waals surface area contributed by atoms with E-state index in [2.05, 4.69) is 14.9 Å². The van der Waals surface area contributed by atoms with Gasteiger partial charge in [-0.15, -0.1) is 0 Å². The predicted octanol–water partition coefficient (Wildman–Crippen LogP) is 2.26. The highest BCUT2D eigenvalue weighted by Gasteiger charge is 2.37. The number of hydrogen-bond acceptors (Lipinski definition) is 4. The minimum atomic E-state index is -2.61. The van der Waals surface area contributed by atoms with Crippen LogP contribution < -0.4 is 4.90 Å². The van der Waals surface area contributed by atoms with E-state index in [9.17, 15) is 13.6 Å². The Bertz CT molecular complexity index is 563. The highest BCUT2D eigenvalue weighted by atomic mass is 19.3. The van der Waals surface area contributed by atoms with E-state index in [1.54, 1.807) is 17.3 Å². The molecular weight excluding hydrogens is 302 g/mol. The minimum absolute atomic E-state index is 0.0375. The number of halogens is 2. The summed E-state index contributed by atoms with van der Waals surface area (Å²) in [5, 5.41) is 0. The number of carbonyl (C=O) groups excluding carboxylic acids is 1. The Morgan fingerprint density at radius 3 is 2.43 bits per heavy atom. The van der Waals surface area contributed by atoms with Gasteiger partial charge in [0.1, 0.15) is 5.82 Å². The summed E-state index contributed by atoms with van der Waals surface area (Å²) < 4.78 is 26.4. The average molecular weight is 324 g/mol. The molecule has 0 N–H and O–H groups in total. The maximum absolute atomic E-state index is 13.2. The SMILES string of the molecule is Cc1cncc(N2CCC(C(=O)N3CCC(F)(F)CC3)CC2)n1. The first-order valence-corrected chi connectivity index (χ1v) is 8.15. The molecule has 0 spiro atoms. The molecule has 0 radical (unpaired) electrons. The molecule has 3 heterocycles. The number of carbonyl (C=O) groups is 1. The van der Waals surface area contributed by atoms with Gasteiger partial charge >= 0.3 is 0 Å². The molecule has 2 aliphatic rings. The molecule has 0 aliphatic carbocycles. The zero-order valence-electron chi connectivity index (χ0n) is 13.3. The van der Waals surface area contributed by atoms with Crippen molar-refractivity contribution in [3.63, 3.8) is 0 Å². The van der Waals surface area contributed by atoms with Gasteiger partial charge in [0.15, 0.2) is 0 Å². The van der Waals surface area contributed by atoms with Crippen LogP contribution in [0.15, 0.2) is 12.4 Å². The number of hydrogen-bond donors (Lipinski definition) is 0. The summed E-state index contributed by atoms with van der Waals surface area (Å²) in [5.41, 5.74) is 0.870. The molecule has 5 nitrogen and oxygen atoms in total. The van der Waals surface area contributed by atoms with E-state index in [1.165, 1.54) is 0 Å². The molecule has 7 heteroatoms. The van der Waals surface area contributed by atoms with Crippen molar-refractivity contribution in [1.29, 1.82) is 0 Å². The molecule has 0 unspecified atom stereocenters. The first-order chi connectivity index (χ1) is 10.9.